The van der Waals surface area contributed by atoms with Crippen molar-refractivity contribution in [2.45, 2.75) is 49.9 Å². The highest BCUT2D eigenvalue weighted by Crippen LogP contribution is 2.26. The Kier molecular flexibility index (Phi) is 8.01. The van der Waals surface area contributed by atoms with Crippen LogP contribution in [-0.2, 0) is 27.8 Å². The molecule has 0 aliphatic rings. The minimum absolute atomic E-state index is 0.0365. The zero-order valence-electron chi connectivity index (χ0n) is 18.9. The van der Waals surface area contributed by atoms with Gasteiger partial charge >= 0.3 is 0 Å². The van der Waals surface area contributed by atoms with Crippen molar-refractivity contribution in [2.24, 2.45) is 5.92 Å². The lowest BCUT2D eigenvalue weighted by atomic mass is 10.1. The quantitative estimate of drug-likeness (QED) is 0.406. The average Bonchev–Trinajstić information content (AvgIpc) is 2.82. The molecule has 0 bridgehead atoms. The van der Waals surface area contributed by atoms with Crippen LogP contribution in [0.2, 0.25) is 0 Å². The highest BCUT2D eigenvalue weighted by atomic mass is 32.2. The van der Waals surface area contributed by atoms with E-state index in [1.807, 2.05) is 35.4 Å². The molecular formula is C25H30N2O4S. The van der Waals surface area contributed by atoms with Gasteiger partial charge in [-0.15, -0.1) is 0 Å². The van der Waals surface area contributed by atoms with Crippen LogP contribution in [-0.4, -0.2) is 31.6 Å². The Morgan fingerprint density at radius 1 is 0.938 bits per heavy atom. The molecule has 0 amide bonds. The highest BCUT2D eigenvalue weighted by Gasteiger charge is 2.26. The number of methoxy groups -OCH3 is 1. The van der Waals surface area contributed by atoms with Crippen LogP contribution < -0.4 is 4.74 Å². The number of hydroxylamine groups is 2. The number of aromatic nitrogens is 1. The number of nitrogens with zero attached hydrogens (tertiary/aromatic N) is 2. The lowest BCUT2D eigenvalue weighted by Gasteiger charge is -2.31. The van der Waals surface area contributed by atoms with Gasteiger partial charge in [-0.3, -0.25) is 4.84 Å². The van der Waals surface area contributed by atoms with Crippen molar-refractivity contribution in [1.29, 1.82) is 0 Å². The molecule has 7 heteroatoms. The summed E-state index contributed by atoms with van der Waals surface area (Å²) in [6, 6.07) is 19.8. The predicted octanol–water partition coefficient (Wildman–Crippen LogP) is 4.90. The summed E-state index contributed by atoms with van der Waals surface area (Å²) < 4.78 is 31.9. The fourth-order valence-electron chi connectivity index (χ4n) is 3.19. The first-order chi connectivity index (χ1) is 15.3. The van der Waals surface area contributed by atoms with Crippen molar-refractivity contribution in [2.75, 3.05) is 7.11 Å². The minimum atomic E-state index is -3.80. The average molecular weight is 455 g/mol. The molecule has 170 valence electrons. The molecule has 0 spiro atoms. The van der Waals surface area contributed by atoms with Crippen LogP contribution in [0.3, 0.4) is 0 Å². The summed E-state index contributed by atoms with van der Waals surface area (Å²) in [7, 11) is -2.26. The molecule has 3 rings (SSSR count). The molecule has 2 aromatic carbocycles. The third-order valence-corrected chi connectivity index (χ3v) is 7.23. The predicted molar refractivity (Wildman–Crippen MR) is 124 cm³/mol. The first kappa shape index (κ1) is 23.9. The topological polar surface area (TPSA) is 68.7 Å². The fourth-order valence-corrected chi connectivity index (χ4v) is 4.59. The Labute approximate surface area is 190 Å². The van der Waals surface area contributed by atoms with E-state index in [1.54, 1.807) is 31.4 Å². The monoisotopic (exact) mass is 454 g/mol. The van der Waals surface area contributed by atoms with E-state index in [-0.39, 0.29) is 16.0 Å². The van der Waals surface area contributed by atoms with E-state index in [4.69, 9.17) is 9.57 Å². The second kappa shape index (κ2) is 10.7. The molecule has 1 heterocycles. The molecule has 3 aromatic rings. The SMILES string of the molecule is COc1ccc(S(=O)(=O)c2ncccc2CN(OCc2ccccc2)[C@H](C)C(C)C)cc1. The van der Waals surface area contributed by atoms with Crippen LogP contribution in [0.4, 0.5) is 0 Å². The zero-order valence-corrected chi connectivity index (χ0v) is 19.7. The van der Waals surface area contributed by atoms with Gasteiger partial charge in [0.05, 0.1) is 25.2 Å². The van der Waals surface area contributed by atoms with E-state index in [0.717, 1.165) is 5.56 Å². The van der Waals surface area contributed by atoms with E-state index < -0.39 is 9.84 Å². The number of rotatable bonds is 10. The van der Waals surface area contributed by atoms with E-state index in [0.29, 0.717) is 30.4 Å². The first-order valence-corrected chi connectivity index (χ1v) is 12.1. The number of hydrogen-bond acceptors (Lipinski definition) is 6. The Bertz CT molecular complexity index is 1100. The molecule has 6 nitrogen and oxygen atoms in total. The van der Waals surface area contributed by atoms with Gasteiger partial charge in [-0.2, -0.15) is 5.06 Å². The van der Waals surface area contributed by atoms with Crippen molar-refractivity contribution in [3.05, 3.63) is 84.1 Å². The number of sulfone groups is 1. The summed E-state index contributed by atoms with van der Waals surface area (Å²) in [5.41, 5.74) is 1.63. The number of pyridine rings is 1. The highest BCUT2D eigenvalue weighted by molar-refractivity contribution is 7.91. The third kappa shape index (κ3) is 5.73. The smallest absolute Gasteiger partial charge is 0.224 e. The molecule has 32 heavy (non-hydrogen) atoms. The van der Waals surface area contributed by atoms with Crippen molar-refractivity contribution in [1.82, 2.24) is 10.0 Å². The van der Waals surface area contributed by atoms with Gasteiger partial charge in [0.1, 0.15) is 5.75 Å². The van der Waals surface area contributed by atoms with Gasteiger partial charge in [0.25, 0.3) is 0 Å². The van der Waals surface area contributed by atoms with Crippen LogP contribution in [0.25, 0.3) is 0 Å². The summed E-state index contributed by atoms with van der Waals surface area (Å²) in [6.45, 7) is 7.00. The van der Waals surface area contributed by atoms with Gasteiger partial charge in [0.15, 0.2) is 5.03 Å². The van der Waals surface area contributed by atoms with Gasteiger partial charge in [-0.05, 0) is 48.7 Å². The van der Waals surface area contributed by atoms with Crippen molar-refractivity contribution in [3.63, 3.8) is 0 Å². The van der Waals surface area contributed by atoms with Crippen molar-refractivity contribution in [3.8, 4) is 5.75 Å². The van der Waals surface area contributed by atoms with E-state index in [9.17, 15) is 8.42 Å². The summed E-state index contributed by atoms with van der Waals surface area (Å²) in [5.74, 6) is 0.903. The Morgan fingerprint density at radius 2 is 1.62 bits per heavy atom. The van der Waals surface area contributed by atoms with Crippen LogP contribution in [0.15, 0.2) is 82.8 Å². The second-order valence-electron chi connectivity index (χ2n) is 7.97. The van der Waals surface area contributed by atoms with E-state index in [1.165, 1.54) is 18.3 Å². The standard InChI is InChI=1S/C25H30N2O4S/c1-19(2)20(3)27(31-18-21-9-6-5-7-10-21)17-22-11-8-16-26-25(22)32(28,29)24-14-12-23(30-4)13-15-24/h5-16,19-20H,17-18H2,1-4H3/t20-/m1/s1. The van der Waals surface area contributed by atoms with Crippen LogP contribution in [0, 0.1) is 5.92 Å². The Morgan fingerprint density at radius 3 is 2.25 bits per heavy atom. The lowest BCUT2D eigenvalue weighted by molar-refractivity contribution is -0.208. The maximum Gasteiger partial charge on any atom is 0.224 e. The molecule has 0 radical (unpaired) electrons. The van der Waals surface area contributed by atoms with E-state index in [2.05, 4.69) is 25.8 Å². The van der Waals surface area contributed by atoms with Gasteiger partial charge < -0.3 is 4.74 Å². The fraction of sp³-hybridized carbons (Fsp3) is 0.320. The summed E-state index contributed by atoms with van der Waals surface area (Å²) >= 11 is 0. The molecule has 0 saturated heterocycles. The largest absolute Gasteiger partial charge is 0.497 e. The zero-order chi connectivity index (χ0) is 23.1. The molecule has 0 aliphatic carbocycles. The van der Waals surface area contributed by atoms with Gasteiger partial charge in [0.2, 0.25) is 9.84 Å². The number of benzene rings is 2. The van der Waals surface area contributed by atoms with Gasteiger partial charge in [-0.1, -0.05) is 50.2 Å². The maximum absolute atomic E-state index is 13.4. The van der Waals surface area contributed by atoms with E-state index >= 15 is 0 Å². The Balaban J connectivity index is 1.90. The van der Waals surface area contributed by atoms with Crippen molar-refractivity contribution < 1.29 is 18.0 Å². The van der Waals surface area contributed by atoms with Crippen LogP contribution in [0.1, 0.15) is 31.9 Å². The Hall–Kier alpha value is -2.74. The third-order valence-electron chi connectivity index (χ3n) is 5.46. The molecular weight excluding hydrogens is 424 g/mol. The summed E-state index contributed by atoms with van der Waals surface area (Å²) in [6.07, 6.45) is 1.50. The normalized spacial score (nSPS) is 12.8. The van der Waals surface area contributed by atoms with Crippen LogP contribution >= 0.6 is 0 Å². The summed E-state index contributed by atoms with van der Waals surface area (Å²) in [4.78, 5) is 10.6. The molecule has 1 atom stereocenters. The van der Waals surface area contributed by atoms with Gasteiger partial charge in [0, 0.05) is 17.8 Å². The van der Waals surface area contributed by atoms with Crippen LogP contribution in [0.5, 0.6) is 5.75 Å². The number of hydrogen-bond donors (Lipinski definition) is 0. The molecule has 0 unspecified atom stereocenters. The van der Waals surface area contributed by atoms with Gasteiger partial charge in [-0.25, -0.2) is 13.4 Å². The molecule has 0 aliphatic heterocycles. The first-order valence-electron chi connectivity index (χ1n) is 10.6. The van der Waals surface area contributed by atoms with Crippen molar-refractivity contribution >= 4 is 9.84 Å². The lowest BCUT2D eigenvalue weighted by Crippen LogP contribution is -2.36. The maximum atomic E-state index is 13.4. The minimum Gasteiger partial charge on any atom is -0.497 e. The second-order valence-corrected chi connectivity index (χ2v) is 9.83. The molecule has 1 aromatic heterocycles. The molecule has 0 saturated carbocycles. The summed E-state index contributed by atoms with van der Waals surface area (Å²) in [5, 5.41) is 1.89. The molecule has 0 N–H and O–H groups in total. The number of ether oxygens (including phenoxy) is 1. The molecule has 0 fully saturated rings.